The summed E-state index contributed by atoms with van der Waals surface area (Å²) in [6, 6.07) is 13.2. The number of nitrogens with one attached hydrogen (secondary N) is 2. The van der Waals surface area contributed by atoms with Gasteiger partial charge in [-0.25, -0.2) is 4.79 Å². The van der Waals surface area contributed by atoms with E-state index < -0.39 is 11.6 Å². The van der Waals surface area contributed by atoms with Crippen molar-refractivity contribution in [2.75, 3.05) is 6.54 Å². The summed E-state index contributed by atoms with van der Waals surface area (Å²) in [5, 5.41) is 7.86. The van der Waals surface area contributed by atoms with Crippen LogP contribution in [0.2, 0.25) is 0 Å². The molecule has 0 aromatic heterocycles. The average Bonchev–Trinajstić information content (AvgIpc) is 3.47. The molecule has 1 aliphatic heterocycles. The van der Waals surface area contributed by atoms with Gasteiger partial charge in [-0.15, -0.1) is 0 Å². The molecular weight excluding hydrogens is 342 g/mol. The Morgan fingerprint density at radius 2 is 1.93 bits per heavy atom. The normalized spacial score (nSPS) is 23.4. The molecule has 0 radical (unpaired) electrons. The van der Waals surface area contributed by atoms with E-state index in [-0.39, 0.29) is 30.3 Å². The van der Waals surface area contributed by atoms with Gasteiger partial charge in [0.1, 0.15) is 12.1 Å². The predicted octanol–water partition coefficient (Wildman–Crippen LogP) is 2.74. The molecule has 4 rings (SSSR count). The Hall–Kier alpha value is -2.89. The van der Waals surface area contributed by atoms with E-state index in [1.807, 2.05) is 49.4 Å². The molecule has 0 unspecified atom stereocenters. The van der Waals surface area contributed by atoms with Gasteiger partial charge in [0.25, 0.3) is 5.91 Å². The van der Waals surface area contributed by atoms with Crippen LogP contribution in [0.25, 0.3) is 10.8 Å². The van der Waals surface area contributed by atoms with Crippen LogP contribution in [0.15, 0.2) is 42.5 Å². The number of rotatable bonds is 5. The molecule has 27 heavy (non-hydrogen) atoms. The number of amides is 4. The monoisotopic (exact) mass is 365 g/mol. The lowest BCUT2D eigenvalue weighted by Crippen LogP contribution is -2.47. The molecule has 6 nitrogen and oxygen atoms in total. The van der Waals surface area contributed by atoms with E-state index in [0.717, 1.165) is 34.1 Å². The van der Waals surface area contributed by atoms with E-state index in [4.69, 9.17) is 0 Å². The minimum atomic E-state index is -0.862. The second-order valence-corrected chi connectivity index (χ2v) is 7.66. The Labute approximate surface area is 157 Å². The van der Waals surface area contributed by atoms with E-state index in [1.54, 1.807) is 6.92 Å². The SMILES string of the molecule is C[C@H](NC(=O)CN1C(=O)N[C@@](C)(C2CC2)C1=O)c1cccc2ccccc12. The molecule has 0 spiro atoms. The summed E-state index contributed by atoms with van der Waals surface area (Å²) in [5.74, 6) is -0.474. The molecular formula is C21H23N3O3. The number of carbonyl (C=O) groups is 3. The lowest BCUT2D eigenvalue weighted by molar-refractivity contribution is -0.135. The van der Waals surface area contributed by atoms with Gasteiger partial charge in [-0.3, -0.25) is 14.5 Å². The van der Waals surface area contributed by atoms with Crippen molar-refractivity contribution in [2.45, 2.75) is 38.3 Å². The molecule has 6 heteroatoms. The fraction of sp³-hybridized carbons (Fsp3) is 0.381. The lowest BCUT2D eigenvalue weighted by atomic mass is 9.96. The summed E-state index contributed by atoms with van der Waals surface area (Å²) in [5.41, 5.74) is 0.139. The molecule has 1 aliphatic carbocycles. The summed E-state index contributed by atoms with van der Waals surface area (Å²) >= 11 is 0. The van der Waals surface area contributed by atoms with Crippen molar-refractivity contribution in [3.8, 4) is 0 Å². The van der Waals surface area contributed by atoms with Crippen molar-refractivity contribution < 1.29 is 14.4 Å². The minimum absolute atomic E-state index is 0.177. The topological polar surface area (TPSA) is 78.5 Å². The van der Waals surface area contributed by atoms with Crippen molar-refractivity contribution in [3.63, 3.8) is 0 Å². The van der Waals surface area contributed by atoms with Gasteiger partial charge < -0.3 is 10.6 Å². The molecule has 2 fully saturated rings. The number of hydrogen-bond donors (Lipinski definition) is 2. The van der Waals surface area contributed by atoms with E-state index in [0.29, 0.717) is 0 Å². The number of nitrogens with zero attached hydrogens (tertiary/aromatic N) is 1. The Morgan fingerprint density at radius 3 is 2.67 bits per heavy atom. The Balaban J connectivity index is 1.46. The van der Waals surface area contributed by atoms with Crippen LogP contribution >= 0.6 is 0 Å². The third-order valence-corrected chi connectivity index (χ3v) is 5.66. The van der Waals surface area contributed by atoms with Crippen LogP contribution in [0.4, 0.5) is 4.79 Å². The fourth-order valence-electron chi connectivity index (χ4n) is 3.93. The highest BCUT2D eigenvalue weighted by molar-refractivity contribution is 6.09. The molecule has 2 atom stereocenters. The molecule has 2 aromatic rings. The number of benzene rings is 2. The quantitative estimate of drug-likeness (QED) is 0.800. The van der Waals surface area contributed by atoms with E-state index >= 15 is 0 Å². The molecule has 2 N–H and O–H groups in total. The number of imide groups is 1. The summed E-state index contributed by atoms with van der Waals surface area (Å²) in [6.45, 7) is 3.39. The maximum absolute atomic E-state index is 12.6. The number of urea groups is 1. The minimum Gasteiger partial charge on any atom is -0.348 e. The molecule has 2 aliphatic rings. The van der Waals surface area contributed by atoms with Crippen LogP contribution in [-0.2, 0) is 9.59 Å². The first-order valence-corrected chi connectivity index (χ1v) is 9.31. The van der Waals surface area contributed by atoms with Crippen LogP contribution in [0.3, 0.4) is 0 Å². The summed E-state index contributed by atoms with van der Waals surface area (Å²) in [7, 11) is 0. The lowest BCUT2D eigenvalue weighted by Gasteiger charge is -2.21. The zero-order valence-corrected chi connectivity index (χ0v) is 15.5. The number of fused-ring (bicyclic) bond motifs is 1. The number of hydrogen-bond acceptors (Lipinski definition) is 3. The molecule has 1 saturated heterocycles. The van der Waals surface area contributed by atoms with E-state index in [9.17, 15) is 14.4 Å². The maximum atomic E-state index is 12.6. The zero-order chi connectivity index (χ0) is 19.2. The van der Waals surface area contributed by atoms with E-state index in [2.05, 4.69) is 10.6 Å². The highest BCUT2D eigenvalue weighted by atomic mass is 16.2. The van der Waals surface area contributed by atoms with Gasteiger partial charge in [0, 0.05) is 0 Å². The van der Waals surface area contributed by atoms with Gasteiger partial charge in [0.05, 0.1) is 6.04 Å². The van der Waals surface area contributed by atoms with Gasteiger partial charge >= 0.3 is 6.03 Å². The number of carbonyl (C=O) groups excluding carboxylic acids is 3. The van der Waals surface area contributed by atoms with Gasteiger partial charge in [0.2, 0.25) is 5.91 Å². The summed E-state index contributed by atoms with van der Waals surface area (Å²) < 4.78 is 0. The second-order valence-electron chi connectivity index (χ2n) is 7.66. The first-order chi connectivity index (χ1) is 12.9. The smallest absolute Gasteiger partial charge is 0.325 e. The van der Waals surface area contributed by atoms with Gasteiger partial charge in [-0.1, -0.05) is 42.5 Å². The van der Waals surface area contributed by atoms with Crippen molar-refractivity contribution in [3.05, 3.63) is 48.0 Å². The standard InChI is InChI=1S/C21H23N3O3/c1-13(16-9-5-7-14-6-3-4-8-17(14)16)22-18(25)12-24-19(26)21(2,15-10-11-15)23-20(24)27/h3-9,13,15H,10-12H2,1-2H3,(H,22,25)(H,23,27)/t13-,21-/m0/s1. The maximum Gasteiger partial charge on any atom is 0.325 e. The van der Waals surface area contributed by atoms with Crippen molar-refractivity contribution >= 4 is 28.6 Å². The molecule has 1 saturated carbocycles. The molecule has 140 valence electrons. The highest BCUT2D eigenvalue weighted by Gasteiger charge is 2.56. The zero-order valence-electron chi connectivity index (χ0n) is 15.5. The fourth-order valence-corrected chi connectivity index (χ4v) is 3.93. The summed E-state index contributed by atoms with van der Waals surface area (Å²) in [6.07, 6.45) is 1.86. The van der Waals surface area contributed by atoms with E-state index in [1.165, 1.54) is 0 Å². The first-order valence-electron chi connectivity index (χ1n) is 9.31. The first kappa shape index (κ1) is 17.5. The van der Waals surface area contributed by atoms with Crippen LogP contribution < -0.4 is 10.6 Å². The third-order valence-electron chi connectivity index (χ3n) is 5.66. The van der Waals surface area contributed by atoms with Gasteiger partial charge in [-0.05, 0) is 48.9 Å². The Kier molecular flexibility index (Phi) is 4.13. The van der Waals surface area contributed by atoms with Crippen molar-refractivity contribution in [2.24, 2.45) is 5.92 Å². The molecule has 0 bridgehead atoms. The van der Waals surface area contributed by atoms with Crippen LogP contribution in [0.1, 0.15) is 38.3 Å². The molecule has 1 heterocycles. The predicted molar refractivity (Wildman–Crippen MR) is 102 cm³/mol. The summed E-state index contributed by atoms with van der Waals surface area (Å²) in [4.78, 5) is 38.4. The highest BCUT2D eigenvalue weighted by Crippen LogP contribution is 2.42. The molecule has 2 aromatic carbocycles. The van der Waals surface area contributed by atoms with Crippen molar-refractivity contribution in [1.29, 1.82) is 0 Å². The van der Waals surface area contributed by atoms with Gasteiger partial charge in [0.15, 0.2) is 0 Å². The largest absolute Gasteiger partial charge is 0.348 e. The van der Waals surface area contributed by atoms with Crippen molar-refractivity contribution in [1.82, 2.24) is 15.5 Å². The van der Waals surface area contributed by atoms with Crippen LogP contribution in [0.5, 0.6) is 0 Å². The molecule has 4 amide bonds. The van der Waals surface area contributed by atoms with Crippen LogP contribution in [0, 0.1) is 5.92 Å². The third kappa shape index (κ3) is 3.05. The van der Waals surface area contributed by atoms with Gasteiger partial charge in [-0.2, -0.15) is 0 Å². The average molecular weight is 365 g/mol. The Morgan fingerprint density at radius 1 is 1.22 bits per heavy atom. The Bertz CT molecular complexity index is 932. The van der Waals surface area contributed by atoms with Crippen LogP contribution in [-0.4, -0.2) is 34.8 Å². The second kappa shape index (κ2) is 6.37.